The first kappa shape index (κ1) is 15.2. The van der Waals surface area contributed by atoms with Gasteiger partial charge in [0.15, 0.2) is 5.96 Å². The average molecular weight is 292 g/mol. The lowest BCUT2D eigenvalue weighted by atomic mass is 10.2. The van der Waals surface area contributed by atoms with Crippen molar-refractivity contribution in [3.63, 3.8) is 0 Å². The number of hydrogen-bond acceptors (Lipinski definition) is 4. The Kier molecular flexibility index (Phi) is 5.10. The van der Waals surface area contributed by atoms with Gasteiger partial charge in [-0.15, -0.1) is 0 Å². The maximum absolute atomic E-state index is 10.6. The number of β-amino-alcohol motifs (C(OH)–C–C–N with tert-alkyl or cyclic N) is 1. The molecule has 21 heavy (non-hydrogen) atoms. The second-order valence-electron chi connectivity index (χ2n) is 4.98. The van der Waals surface area contributed by atoms with Crippen molar-refractivity contribution in [2.24, 2.45) is 4.99 Å². The molecule has 0 spiro atoms. The number of hydrogen-bond donors (Lipinski definition) is 2. The molecule has 1 atom stereocenters. The highest BCUT2D eigenvalue weighted by atomic mass is 16.6. The summed E-state index contributed by atoms with van der Waals surface area (Å²) >= 11 is 0. The molecule has 0 aromatic heterocycles. The van der Waals surface area contributed by atoms with Crippen molar-refractivity contribution >= 4 is 11.6 Å². The van der Waals surface area contributed by atoms with Gasteiger partial charge in [0.25, 0.3) is 5.69 Å². The second kappa shape index (κ2) is 7.03. The molecule has 2 N–H and O–H groups in total. The summed E-state index contributed by atoms with van der Waals surface area (Å²) in [6, 6.07) is 6.39. The van der Waals surface area contributed by atoms with Gasteiger partial charge in [0, 0.05) is 31.8 Å². The zero-order chi connectivity index (χ0) is 15.2. The summed E-state index contributed by atoms with van der Waals surface area (Å²) in [6.45, 7) is 4.58. The molecule has 0 unspecified atom stereocenters. The van der Waals surface area contributed by atoms with Gasteiger partial charge >= 0.3 is 0 Å². The highest BCUT2D eigenvalue weighted by Gasteiger charge is 2.22. The minimum atomic E-state index is -0.414. The fourth-order valence-corrected chi connectivity index (χ4v) is 2.25. The first-order valence-corrected chi connectivity index (χ1v) is 7.04. The number of likely N-dealkylation sites (tertiary alicyclic amines) is 1. The van der Waals surface area contributed by atoms with E-state index in [1.54, 1.807) is 12.1 Å². The van der Waals surface area contributed by atoms with Crippen LogP contribution in [0.5, 0.6) is 0 Å². The number of rotatable bonds is 4. The van der Waals surface area contributed by atoms with Crippen LogP contribution in [0.4, 0.5) is 5.69 Å². The van der Waals surface area contributed by atoms with Crippen LogP contribution in [0.15, 0.2) is 29.3 Å². The summed E-state index contributed by atoms with van der Waals surface area (Å²) in [5.41, 5.74) is 0.994. The summed E-state index contributed by atoms with van der Waals surface area (Å²) in [4.78, 5) is 16.7. The predicted molar refractivity (Wildman–Crippen MR) is 80.1 cm³/mol. The molecule has 1 fully saturated rings. The number of nitro groups is 1. The predicted octanol–water partition coefficient (Wildman–Crippen LogP) is 1.13. The molecular weight excluding hydrogens is 272 g/mol. The third kappa shape index (κ3) is 4.16. The molecule has 1 aliphatic rings. The monoisotopic (exact) mass is 292 g/mol. The van der Waals surface area contributed by atoms with Crippen molar-refractivity contribution in [1.29, 1.82) is 0 Å². The van der Waals surface area contributed by atoms with Crippen molar-refractivity contribution in [3.05, 3.63) is 39.9 Å². The van der Waals surface area contributed by atoms with E-state index in [0.717, 1.165) is 31.0 Å². The van der Waals surface area contributed by atoms with Crippen LogP contribution in [0.3, 0.4) is 0 Å². The normalized spacial score (nSPS) is 18.9. The third-order valence-corrected chi connectivity index (χ3v) is 3.36. The van der Waals surface area contributed by atoms with Gasteiger partial charge in [0.05, 0.1) is 17.6 Å². The first-order valence-electron chi connectivity index (χ1n) is 7.04. The number of benzene rings is 1. The van der Waals surface area contributed by atoms with E-state index in [1.165, 1.54) is 12.1 Å². The van der Waals surface area contributed by atoms with Crippen LogP contribution in [0.1, 0.15) is 18.9 Å². The molecule has 1 heterocycles. The van der Waals surface area contributed by atoms with E-state index in [4.69, 9.17) is 0 Å². The quantitative estimate of drug-likeness (QED) is 0.376. The van der Waals surface area contributed by atoms with E-state index in [-0.39, 0.29) is 11.8 Å². The summed E-state index contributed by atoms with van der Waals surface area (Å²) in [5, 5.41) is 23.4. The molecular formula is C14H20N4O3. The number of non-ortho nitro benzene ring substituents is 1. The highest BCUT2D eigenvalue weighted by Crippen LogP contribution is 2.13. The molecule has 1 aliphatic heterocycles. The SMILES string of the molecule is CCNC(=NCc1ccc([N+](=O)[O-])cc1)N1CC[C@@H](O)C1. The van der Waals surface area contributed by atoms with Gasteiger partial charge < -0.3 is 15.3 Å². The third-order valence-electron chi connectivity index (χ3n) is 3.36. The fourth-order valence-electron chi connectivity index (χ4n) is 2.25. The maximum Gasteiger partial charge on any atom is 0.269 e. The van der Waals surface area contributed by atoms with E-state index < -0.39 is 4.92 Å². The van der Waals surface area contributed by atoms with Gasteiger partial charge in [-0.1, -0.05) is 12.1 Å². The number of aliphatic hydroxyl groups excluding tert-OH is 1. The van der Waals surface area contributed by atoms with Gasteiger partial charge in [-0.2, -0.15) is 0 Å². The molecule has 1 saturated heterocycles. The maximum atomic E-state index is 10.6. The van der Waals surface area contributed by atoms with E-state index in [0.29, 0.717) is 13.1 Å². The van der Waals surface area contributed by atoms with Crippen molar-refractivity contribution in [2.75, 3.05) is 19.6 Å². The summed E-state index contributed by atoms with van der Waals surface area (Å²) < 4.78 is 0. The van der Waals surface area contributed by atoms with Gasteiger partial charge in [-0.3, -0.25) is 10.1 Å². The van der Waals surface area contributed by atoms with Crippen molar-refractivity contribution < 1.29 is 10.0 Å². The number of guanidine groups is 1. The van der Waals surface area contributed by atoms with Crippen LogP contribution in [-0.4, -0.2) is 46.6 Å². The Balaban J connectivity index is 2.03. The fraction of sp³-hybridized carbons (Fsp3) is 0.500. The Labute approximate surface area is 123 Å². The standard InChI is InChI=1S/C14H20N4O3/c1-2-15-14(17-8-7-13(19)10-17)16-9-11-3-5-12(6-4-11)18(20)21/h3-6,13,19H,2,7-10H2,1H3,(H,15,16)/t13-/m1/s1. The zero-order valence-corrected chi connectivity index (χ0v) is 12.0. The molecule has 7 nitrogen and oxygen atoms in total. The van der Waals surface area contributed by atoms with Gasteiger partial charge in [-0.05, 0) is 18.9 Å². The molecule has 2 rings (SSSR count). The Bertz CT molecular complexity index is 515. The average Bonchev–Trinajstić information content (AvgIpc) is 2.90. The summed E-state index contributed by atoms with van der Waals surface area (Å²) in [7, 11) is 0. The Morgan fingerprint density at radius 3 is 2.76 bits per heavy atom. The van der Waals surface area contributed by atoms with Gasteiger partial charge in [0.2, 0.25) is 0 Å². The van der Waals surface area contributed by atoms with Crippen LogP contribution in [0, 0.1) is 10.1 Å². The smallest absolute Gasteiger partial charge is 0.269 e. The van der Waals surface area contributed by atoms with Crippen molar-refractivity contribution in [1.82, 2.24) is 10.2 Å². The Hall–Kier alpha value is -2.15. The molecule has 0 amide bonds. The Morgan fingerprint density at radius 1 is 1.52 bits per heavy atom. The van der Waals surface area contributed by atoms with E-state index in [2.05, 4.69) is 10.3 Å². The van der Waals surface area contributed by atoms with E-state index in [1.807, 2.05) is 11.8 Å². The van der Waals surface area contributed by atoms with E-state index in [9.17, 15) is 15.2 Å². The lowest BCUT2D eigenvalue weighted by Crippen LogP contribution is -2.40. The lowest BCUT2D eigenvalue weighted by Gasteiger charge is -2.20. The summed E-state index contributed by atoms with van der Waals surface area (Å²) in [6.07, 6.45) is 0.454. The van der Waals surface area contributed by atoms with Crippen LogP contribution < -0.4 is 5.32 Å². The number of nitro benzene ring substituents is 1. The molecule has 1 aromatic rings. The van der Waals surface area contributed by atoms with Gasteiger partial charge in [-0.25, -0.2) is 4.99 Å². The van der Waals surface area contributed by atoms with Crippen LogP contribution >= 0.6 is 0 Å². The van der Waals surface area contributed by atoms with Crippen molar-refractivity contribution in [2.45, 2.75) is 26.0 Å². The van der Waals surface area contributed by atoms with Crippen LogP contribution in [-0.2, 0) is 6.54 Å². The first-order chi connectivity index (χ1) is 10.1. The minimum Gasteiger partial charge on any atom is -0.391 e. The number of aliphatic hydroxyl groups is 1. The zero-order valence-electron chi connectivity index (χ0n) is 12.0. The molecule has 0 bridgehead atoms. The highest BCUT2D eigenvalue weighted by molar-refractivity contribution is 5.80. The Morgan fingerprint density at radius 2 is 2.24 bits per heavy atom. The molecule has 7 heteroatoms. The largest absolute Gasteiger partial charge is 0.391 e. The molecule has 0 saturated carbocycles. The lowest BCUT2D eigenvalue weighted by molar-refractivity contribution is -0.384. The second-order valence-corrected chi connectivity index (χ2v) is 4.98. The number of aliphatic imine (C=N–C) groups is 1. The molecule has 0 aliphatic carbocycles. The molecule has 0 radical (unpaired) electrons. The van der Waals surface area contributed by atoms with Crippen LogP contribution in [0.2, 0.25) is 0 Å². The number of nitrogens with one attached hydrogen (secondary N) is 1. The molecule has 114 valence electrons. The minimum absolute atomic E-state index is 0.0808. The topological polar surface area (TPSA) is 91.0 Å². The number of nitrogens with zero attached hydrogens (tertiary/aromatic N) is 3. The summed E-state index contributed by atoms with van der Waals surface area (Å²) in [5.74, 6) is 0.771. The molecule has 1 aromatic carbocycles. The van der Waals surface area contributed by atoms with E-state index >= 15 is 0 Å². The van der Waals surface area contributed by atoms with Gasteiger partial charge in [0.1, 0.15) is 0 Å². The van der Waals surface area contributed by atoms with Crippen molar-refractivity contribution in [3.8, 4) is 0 Å². The van der Waals surface area contributed by atoms with Crippen LogP contribution in [0.25, 0.3) is 0 Å².